The number of H-pyrrole nitrogens is 1. The minimum atomic E-state index is 0.666. The molecule has 1 aromatic heterocycles. The molecule has 1 N–H and O–H groups in total. The summed E-state index contributed by atoms with van der Waals surface area (Å²) in [5.74, 6) is 0. The first-order valence-electron chi connectivity index (χ1n) is 7.22. The quantitative estimate of drug-likeness (QED) is 0.902. The van der Waals surface area contributed by atoms with Crippen molar-refractivity contribution < 1.29 is 0 Å². The van der Waals surface area contributed by atoms with Gasteiger partial charge in [-0.1, -0.05) is 37.5 Å². The maximum absolute atomic E-state index is 4.13. The normalized spacial score (nSPS) is 16.4. The molecule has 0 amide bonds. The zero-order valence-electron chi connectivity index (χ0n) is 11.3. The zero-order chi connectivity index (χ0) is 12.9. The second-order valence-corrected chi connectivity index (χ2v) is 5.33. The van der Waals surface area contributed by atoms with Crippen molar-refractivity contribution in [2.45, 2.75) is 44.7 Å². The minimum Gasteiger partial charge on any atom is -0.363 e. The lowest BCUT2D eigenvalue weighted by Crippen LogP contribution is -2.36. The predicted octanol–water partition coefficient (Wildman–Crippen LogP) is 3.75. The van der Waals surface area contributed by atoms with Gasteiger partial charge in [-0.2, -0.15) is 0 Å². The van der Waals surface area contributed by atoms with Crippen molar-refractivity contribution in [2.24, 2.45) is 0 Å². The van der Waals surface area contributed by atoms with Gasteiger partial charge < -0.3 is 9.88 Å². The van der Waals surface area contributed by atoms with Gasteiger partial charge in [0.25, 0.3) is 0 Å². The molecule has 3 heteroatoms. The molecule has 0 saturated heterocycles. The van der Waals surface area contributed by atoms with Crippen molar-refractivity contribution in [2.75, 3.05) is 4.90 Å². The Balaban J connectivity index is 1.82. The van der Waals surface area contributed by atoms with Crippen LogP contribution in [-0.4, -0.2) is 16.0 Å². The maximum Gasteiger partial charge on any atom is 0.0922 e. The highest BCUT2D eigenvalue weighted by Crippen LogP contribution is 2.28. The lowest BCUT2D eigenvalue weighted by Gasteiger charge is -2.36. The molecule has 1 aliphatic carbocycles. The van der Waals surface area contributed by atoms with Crippen LogP contribution in [-0.2, 0) is 6.54 Å². The Morgan fingerprint density at radius 1 is 1.11 bits per heavy atom. The first-order chi connectivity index (χ1) is 9.43. The van der Waals surface area contributed by atoms with Gasteiger partial charge in [0.1, 0.15) is 0 Å². The maximum atomic E-state index is 4.13. The molecule has 1 aromatic carbocycles. The van der Waals surface area contributed by atoms with E-state index < -0.39 is 0 Å². The first-order valence-corrected chi connectivity index (χ1v) is 7.22. The Hall–Kier alpha value is -1.77. The third-order valence-electron chi connectivity index (χ3n) is 4.00. The molecule has 1 saturated carbocycles. The number of hydrogen-bond acceptors (Lipinski definition) is 2. The molecule has 0 atom stereocenters. The summed E-state index contributed by atoms with van der Waals surface area (Å²) in [4.78, 5) is 9.89. The summed E-state index contributed by atoms with van der Waals surface area (Å²) in [5.41, 5.74) is 2.51. The Bertz CT molecular complexity index is 472. The Morgan fingerprint density at radius 2 is 1.89 bits per heavy atom. The number of nitrogens with zero attached hydrogens (tertiary/aromatic N) is 2. The average Bonchev–Trinajstić information content (AvgIpc) is 3.00. The Morgan fingerprint density at radius 3 is 2.58 bits per heavy atom. The van der Waals surface area contributed by atoms with Crippen LogP contribution in [0.25, 0.3) is 0 Å². The summed E-state index contributed by atoms with van der Waals surface area (Å²) >= 11 is 0. The SMILES string of the molecule is c1ccc(N(Cc2cnc[nH]2)C2CCCCC2)cc1. The van der Waals surface area contributed by atoms with E-state index in [4.69, 9.17) is 0 Å². The van der Waals surface area contributed by atoms with Crippen LogP contribution in [0.15, 0.2) is 42.9 Å². The zero-order valence-corrected chi connectivity index (χ0v) is 11.3. The molecule has 0 aliphatic heterocycles. The molecule has 1 aliphatic rings. The fourth-order valence-corrected chi connectivity index (χ4v) is 3.00. The number of nitrogens with one attached hydrogen (secondary N) is 1. The molecule has 0 bridgehead atoms. The van der Waals surface area contributed by atoms with Crippen molar-refractivity contribution in [3.05, 3.63) is 48.5 Å². The average molecular weight is 255 g/mol. The highest BCUT2D eigenvalue weighted by molar-refractivity contribution is 5.47. The molecule has 0 unspecified atom stereocenters. The van der Waals surface area contributed by atoms with E-state index in [1.165, 1.54) is 43.5 Å². The molecule has 100 valence electrons. The van der Waals surface area contributed by atoms with Gasteiger partial charge in [-0.3, -0.25) is 0 Å². The van der Waals surface area contributed by atoms with Crippen LogP contribution in [0, 0.1) is 0 Å². The summed E-state index contributed by atoms with van der Waals surface area (Å²) in [6.45, 7) is 0.925. The van der Waals surface area contributed by atoms with Crippen LogP contribution in [0.2, 0.25) is 0 Å². The summed E-state index contributed by atoms with van der Waals surface area (Å²) in [7, 11) is 0. The lowest BCUT2D eigenvalue weighted by molar-refractivity contribution is 0.412. The summed E-state index contributed by atoms with van der Waals surface area (Å²) < 4.78 is 0. The molecule has 0 radical (unpaired) electrons. The monoisotopic (exact) mass is 255 g/mol. The van der Waals surface area contributed by atoms with E-state index in [2.05, 4.69) is 45.2 Å². The number of aromatic nitrogens is 2. The van der Waals surface area contributed by atoms with Gasteiger partial charge in [-0.25, -0.2) is 4.98 Å². The van der Waals surface area contributed by atoms with Crippen LogP contribution >= 0.6 is 0 Å². The fourth-order valence-electron chi connectivity index (χ4n) is 3.00. The first kappa shape index (κ1) is 12.3. The minimum absolute atomic E-state index is 0.666. The number of imidazole rings is 1. The largest absolute Gasteiger partial charge is 0.363 e. The number of aromatic amines is 1. The van der Waals surface area contributed by atoms with Gasteiger partial charge in [0.2, 0.25) is 0 Å². The van der Waals surface area contributed by atoms with Crippen molar-refractivity contribution in [1.82, 2.24) is 9.97 Å². The highest BCUT2D eigenvalue weighted by atomic mass is 15.2. The number of rotatable bonds is 4. The highest BCUT2D eigenvalue weighted by Gasteiger charge is 2.21. The van der Waals surface area contributed by atoms with E-state index in [1.54, 1.807) is 6.33 Å². The van der Waals surface area contributed by atoms with Gasteiger partial charge in [0.05, 0.1) is 18.6 Å². The van der Waals surface area contributed by atoms with E-state index in [-0.39, 0.29) is 0 Å². The molecule has 2 aromatic rings. The van der Waals surface area contributed by atoms with Crippen molar-refractivity contribution >= 4 is 5.69 Å². The van der Waals surface area contributed by atoms with E-state index in [0.29, 0.717) is 6.04 Å². The summed E-state index contributed by atoms with van der Waals surface area (Å²) in [6, 6.07) is 11.4. The standard InChI is InChI=1S/C16H21N3/c1-3-7-15(8-4-1)19(12-14-11-17-13-18-14)16-9-5-2-6-10-16/h1,3-4,7-8,11,13,16H,2,5-6,9-10,12H2,(H,17,18). The van der Waals surface area contributed by atoms with Gasteiger partial charge in [-0.15, -0.1) is 0 Å². The topological polar surface area (TPSA) is 31.9 Å². The van der Waals surface area contributed by atoms with Crippen molar-refractivity contribution in [3.8, 4) is 0 Å². The number of hydrogen-bond donors (Lipinski definition) is 1. The van der Waals surface area contributed by atoms with Crippen LogP contribution < -0.4 is 4.90 Å². The molecule has 1 heterocycles. The summed E-state index contributed by atoms with van der Waals surface area (Å²) in [6.07, 6.45) is 10.4. The molecule has 3 nitrogen and oxygen atoms in total. The summed E-state index contributed by atoms with van der Waals surface area (Å²) in [5, 5.41) is 0. The molecule has 3 rings (SSSR count). The van der Waals surface area contributed by atoms with E-state index in [0.717, 1.165) is 6.54 Å². The van der Waals surface area contributed by atoms with Gasteiger partial charge in [0, 0.05) is 17.9 Å². The number of para-hydroxylation sites is 1. The number of benzene rings is 1. The van der Waals surface area contributed by atoms with Crippen LogP contribution in [0.4, 0.5) is 5.69 Å². The van der Waals surface area contributed by atoms with Gasteiger partial charge in [0.15, 0.2) is 0 Å². The fraction of sp³-hybridized carbons (Fsp3) is 0.438. The Kier molecular flexibility index (Phi) is 3.82. The smallest absolute Gasteiger partial charge is 0.0922 e. The molecule has 19 heavy (non-hydrogen) atoms. The third kappa shape index (κ3) is 2.98. The van der Waals surface area contributed by atoms with Crippen molar-refractivity contribution in [3.63, 3.8) is 0 Å². The van der Waals surface area contributed by atoms with E-state index >= 15 is 0 Å². The third-order valence-corrected chi connectivity index (χ3v) is 4.00. The van der Waals surface area contributed by atoms with Crippen LogP contribution in [0.3, 0.4) is 0 Å². The predicted molar refractivity (Wildman–Crippen MR) is 78.1 cm³/mol. The second kappa shape index (κ2) is 5.91. The van der Waals surface area contributed by atoms with E-state index in [1.807, 2.05) is 6.20 Å². The van der Waals surface area contributed by atoms with Gasteiger partial charge >= 0.3 is 0 Å². The second-order valence-electron chi connectivity index (χ2n) is 5.33. The van der Waals surface area contributed by atoms with Crippen LogP contribution in [0.5, 0.6) is 0 Å². The number of anilines is 1. The van der Waals surface area contributed by atoms with Crippen LogP contribution in [0.1, 0.15) is 37.8 Å². The molecular formula is C16H21N3. The van der Waals surface area contributed by atoms with Crippen molar-refractivity contribution in [1.29, 1.82) is 0 Å². The molecule has 0 spiro atoms. The molecular weight excluding hydrogens is 234 g/mol. The Labute approximate surface area is 114 Å². The lowest BCUT2D eigenvalue weighted by atomic mass is 9.93. The molecule has 1 fully saturated rings. The van der Waals surface area contributed by atoms with E-state index in [9.17, 15) is 0 Å². The van der Waals surface area contributed by atoms with Gasteiger partial charge in [-0.05, 0) is 25.0 Å².